The average molecular weight is 223 g/mol. The molecule has 0 radical (unpaired) electrons. The minimum absolute atomic E-state index is 0.166. The predicted molar refractivity (Wildman–Crippen MR) is 56.4 cm³/mol. The molecule has 0 aromatic heterocycles. The first kappa shape index (κ1) is 12.4. The minimum atomic E-state index is -1.02. The smallest absolute Gasteiger partial charge is 0.230 e. The molecular formula is C11H13NO4. The van der Waals surface area contributed by atoms with Crippen LogP contribution in [0, 0.1) is 0 Å². The van der Waals surface area contributed by atoms with Crippen LogP contribution in [0.15, 0.2) is 24.3 Å². The van der Waals surface area contributed by atoms with Gasteiger partial charge in [0.1, 0.15) is 6.10 Å². The van der Waals surface area contributed by atoms with Crippen molar-refractivity contribution < 1.29 is 19.5 Å². The molecule has 16 heavy (non-hydrogen) atoms. The van der Waals surface area contributed by atoms with Crippen LogP contribution in [0.1, 0.15) is 22.8 Å². The Hall–Kier alpha value is -1.72. The molecule has 1 atom stereocenters. The van der Waals surface area contributed by atoms with Crippen LogP contribution in [-0.2, 0) is 16.2 Å². The van der Waals surface area contributed by atoms with E-state index >= 15 is 0 Å². The van der Waals surface area contributed by atoms with Gasteiger partial charge in [0.15, 0.2) is 5.78 Å². The number of aliphatic hydroxyl groups excluding tert-OH is 1. The van der Waals surface area contributed by atoms with E-state index in [1.54, 1.807) is 24.3 Å². The topological polar surface area (TPSA) is 75.6 Å². The zero-order chi connectivity index (χ0) is 12.0. The molecule has 0 aliphatic heterocycles. The van der Waals surface area contributed by atoms with Crippen molar-refractivity contribution in [1.29, 1.82) is 0 Å². The van der Waals surface area contributed by atoms with Crippen molar-refractivity contribution in [3.63, 3.8) is 0 Å². The Morgan fingerprint density at radius 1 is 1.62 bits per heavy atom. The quantitative estimate of drug-likeness (QED) is 0.317. The molecule has 5 nitrogen and oxygen atoms in total. The summed E-state index contributed by atoms with van der Waals surface area (Å²) in [5, 5.41) is 9.14. The third-order valence-electron chi connectivity index (χ3n) is 1.96. The second-order valence-electron chi connectivity index (χ2n) is 3.26. The maximum Gasteiger partial charge on any atom is 0.230 e. The largest absolute Gasteiger partial charge is 0.385 e. The van der Waals surface area contributed by atoms with Crippen molar-refractivity contribution in [2.45, 2.75) is 19.6 Å². The molecule has 1 amide bonds. The van der Waals surface area contributed by atoms with Crippen molar-refractivity contribution in [1.82, 2.24) is 5.48 Å². The van der Waals surface area contributed by atoms with E-state index < -0.39 is 6.10 Å². The molecule has 0 saturated carbocycles. The Balaban J connectivity index is 2.71. The molecule has 2 N–H and O–H groups in total. The van der Waals surface area contributed by atoms with E-state index in [0.717, 1.165) is 5.56 Å². The van der Waals surface area contributed by atoms with E-state index in [0.29, 0.717) is 12.0 Å². The monoisotopic (exact) mass is 223 g/mol. The van der Waals surface area contributed by atoms with Crippen molar-refractivity contribution in [2.75, 3.05) is 0 Å². The first-order valence-electron chi connectivity index (χ1n) is 4.77. The fourth-order valence-corrected chi connectivity index (χ4v) is 1.21. The van der Waals surface area contributed by atoms with Gasteiger partial charge in [-0.1, -0.05) is 18.2 Å². The summed E-state index contributed by atoms with van der Waals surface area (Å²) in [6, 6.07) is 6.67. The number of rotatable bonds is 6. The summed E-state index contributed by atoms with van der Waals surface area (Å²) in [6.45, 7) is 1.58. The van der Waals surface area contributed by atoms with Gasteiger partial charge in [-0.15, -0.1) is 0 Å². The van der Waals surface area contributed by atoms with E-state index in [2.05, 4.69) is 5.48 Å². The number of ketones is 1. The lowest BCUT2D eigenvalue weighted by molar-refractivity contribution is -0.121. The van der Waals surface area contributed by atoms with Gasteiger partial charge in [-0.05, 0) is 18.6 Å². The summed E-state index contributed by atoms with van der Waals surface area (Å²) >= 11 is 0. The number of hydrogen-bond donors (Lipinski definition) is 2. The second kappa shape index (κ2) is 5.99. The van der Waals surface area contributed by atoms with Gasteiger partial charge in [-0.25, -0.2) is 5.48 Å². The lowest BCUT2D eigenvalue weighted by Crippen LogP contribution is -2.16. The summed E-state index contributed by atoms with van der Waals surface area (Å²) in [4.78, 5) is 26.2. The summed E-state index contributed by atoms with van der Waals surface area (Å²) < 4.78 is 0. The number of benzene rings is 1. The van der Waals surface area contributed by atoms with Crippen LogP contribution in [0.2, 0.25) is 0 Å². The normalized spacial score (nSPS) is 11.9. The van der Waals surface area contributed by atoms with Gasteiger partial charge in [0.05, 0.1) is 6.61 Å². The van der Waals surface area contributed by atoms with Crippen LogP contribution in [0.5, 0.6) is 0 Å². The summed E-state index contributed by atoms with van der Waals surface area (Å²) in [6.07, 6.45) is -0.602. The number of amides is 1. The molecule has 86 valence electrons. The number of carbonyl (C=O) groups is 2. The van der Waals surface area contributed by atoms with Gasteiger partial charge in [0.2, 0.25) is 6.41 Å². The Kier molecular flexibility index (Phi) is 4.63. The highest BCUT2D eigenvalue weighted by Gasteiger charge is 2.11. The highest BCUT2D eigenvalue weighted by molar-refractivity contribution is 5.99. The molecule has 0 bridgehead atoms. The van der Waals surface area contributed by atoms with Crippen molar-refractivity contribution >= 4 is 12.2 Å². The highest BCUT2D eigenvalue weighted by atomic mass is 16.6. The molecule has 1 aromatic rings. The molecule has 0 fully saturated rings. The maximum atomic E-state index is 11.5. The Labute approximate surface area is 93.0 Å². The van der Waals surface area contributed by atoms with E-state index in [-0.39, 0.29) is 12.4 Å². The number of Topliss-reactive ketones (excluding diaryl/α,β-unsaturated/α-hetero) is 1. The number of hydrogen-bond acceptors (Lipinski definition) is 4. The second-order valence-corrected chi connectivity index (χ2v) is 3.26. The Morgan fingerprint density at radius 2 is 2.38 bits per heavy atom. The standard InChI is InChI=1S/C11H13NO4/c1-8(14)11(15)10-4-2-3-9(5-10)6-16-12-7-13/h2-5,7-8,14H,6H2,1H3,(H,12,13). The molecule has 0 spiro atoms. The molecule has 1 aromatic carbocycles. The molecule has 0 saturated heterocycles. The lowest BCUT2D eigenvalue weighted by Gasteiger charge is -2.06. The molecule has 5 heteroatoms. The van der Waals surface area contributed by atoms with Gasteiger partial charge < -0.3 is 5.11 Å². The molecule has 0 aliphatic carbocycles. The number of hydroxylamine groups is 1. The average Bonchev–Trinajstić information content (AvgIpc) is 2.29. The fraction of sp³-hybridized carbons (Fsp3) is 0.273. The van der Waals surface area contributed by atoms with Crippen molar-refractivity contribution in [3.8, 4) is 0 Å². The molecule has 0 aliphatic rings. The number of aliphatic hydroxyl groups is 1. The van der Waals surface area contributed by atoms with Crippen LogP contribution >= 0.6 is 0 Å². The first-order valence-corrected chi connectivity index (χ1v) is 4.77. The van der Waals surface area contributed by atoms with Crippen LogP contribution in [-0.4, -0.2) is 23.4 Å². The number of carbonyl (C=O) groups excluding carboxylic acids is 2. The summed E-state index contributed by atoms with van der Waals surface area (Å²) in [5.41, 5.74) is 3.21. The Morgan fingerprint density at radius 3 is 3.00 bits per heavy atom. The zero-order valence-corrected chi connectivity index (χ0v) is 8.84. The van der Waals surface area contributed by atoms with E-state index in [1.165, 1.54) is 6.92 Å². The van der Waals surface area contributed by atoms with E-state index in [4.69, 9.17) is 9.94 Å². The first-order chi connectivity index (χ1) is 7.65. The van der Waals surface area contributed by atoms with E-state index in [9.17, 15) is 9.59 Å². The SMILES string of the molecule is CC(O)C(=O)c1cccc(CONC=O)c1. The third-order valence-corrected chi connectivity index (χ3v) is 1.96. The molecule has 1 rings (SSSR count). The van der Waals surface area contributed by atoms with Crippen molar-refractivity contribution in [2.24, 2.45) is 0 Å². The van der Waals surface area contributed by atoms with Gasteiger partial charge in [0.25, 0.3) is 0 Å². The molecule has 1 unspecified atom stereocenters. The van der Waals surface area contributed by atoms with Crippen LogP contribution in [0.25, 0.3) is 0 Å². The zero-order valence-electron chi connectivity index (χ0n) is 8.84. The molecular weight excluding hydrogens is 210 g/mol. The van der Waals surface area contributed by atoms with Crippen LogP contribution < -0.4 is 5.48 Å². The summed E-state index contributed by atoms with van der Waals surface area (Å²) in [5.74, 6) is -0.342. The number of nitrogens with one attached hydrogen (secondary N) is 1. The predicted octanol–water partition coefficient (Wildman–Crippen LogP) is 0.428. The van der Waals surface area contributed by atoms with Crippen LogP contribution in [0.3, 0.4) is 0 Å². The minimum Gasteiger partial charge on any atom is -0.385 e. The molecule has 0 heterocycles. The maximum absolute atomic E-state index is 11.5. The highest BCUT2D eigenvalue weighted by Crippen LogP contribution is 2.08. The summed E-state index contributed by atoms with van der Waals surface area (Å²) in [7, 11) is 0. The van der Waals surface area contributed by atoms with Gasteiger partial charge in [-0.3, -0.25) is 14.4 Å². The van der Waals surface area contributed by atoms with E-state index in [1.807, 2.05) is 0 Å². The fourth-order valence-electron chi connectivity index (χ4n) is 1.21. The van der Waals surface area contributed by atoms with Gasteiger partial charge in [-0.2, -0.15) is 0 Å². The van der Waals surface area contributed by atoms with Gasteiger partial charge >= 0.3 is 0 Å². The van der Waals surface area contributed by atoms with Crippen LogP contribution in [0.4, 0.5) is 0 Å². The van der Waals surface area contributed by atoms with Crippen molar-refractivity contribution in [3.05, 3.63) is 35.4 Å². The third kappa shape index (κ3) is 3.45. The lowest BCUT2D eigenvalue weighted by atomic mass is 10.0. The Bertz CT molecular complexity index is 376. The van der Waals surface area contributed by atoms with Gasteiger partial charge in [0, 0.05) is 5.56 Å².